The van der Waals surface area contributed by atoms with Crippen LogP contribution in [-0.4, -0.2) is 15.9 Å². The van der Waals surface area contributed by atoms with Gasteiger partial charge in [0.1, 0.15) is 18.2 Å². The minimum atomic E-state index is -0.195. The van der Waals surface area contributed by atoms with Crippen LogP contribution in [0.15, 0.2) is 81.1 Å². The number of benzene rings is 3. The molecular formula is C24H19BrClN3O2. The predicted octanol–water partition coefficient (Wildman–Crippen LogP) is 5.84. The Bertz CT molecular complexity index is 1320. The lowest BCUT2D eigenvalue weighted by molar-refractivity contribution is 0.306. The minimum Gasteiger partial charge on any atom is -0.489 e. The number of aryl methyl sites for hydroxylation is 1. The van der Waals surface area contributed by atoms with E-state index < -0.39 is 0 Å². The normalized spacial score (nSPS) is 11.3. The van der Waals surface area contributed by atoms with E-state index in [-0.39, 0.29) is 5.56 Å². The van der Waals surface area contributed by atoms with E-state index in [1.54, 1.807) is 12.3 Å². The second-order valence-electron chi connectivity index (χ2n) is 6.85. The second kappa shape index (κ2) is 9.45. The molecule has 31 heavy (non-hydrogen) atoms. The van der Waals surface area contributed by atoms with Crippen LogP contribution < -0.4 is 10.3 Å². The molecule has 0 amide bonds. The first-order valence-corrected chi connectivity index (χ1v) is 10.9. The Labute approximate surface area is 193 Å². The zero-order valence-corrected chi connectivity index (χ0v) is 19.1. The molecule has 156 valence electrons. The number of hydrogen-bond donors (Lipinski definition) is 0. The van der Waals surface area contributed by atoms with E-state index in [4.69, 9.17) is 16.3 Å². The number of hydrogen-bond acceptors (Lipinski definition) is 4. The van der Waals surface area contributed by atoms with Gasteiger partial charge in [-0.3, -0.25) is 4.79 Å². The van der Waals surface area contributed by atoms with Crippen molar-refractivity contribution in [3.8, 4) is 5.75 Å². The molecule has 0 radical (unpaired) electrons. The third-order valence-electron chi connectivity index (χ3n) is 4.75. The molecule has 0 aliphatic heterocycles. The van der Waals surface area contributed by atoms with Gasteiger partial charge in [0, 0.05) is 21.5 Å². The zero-order valence-electron chi connectivity index (χ0n) is 16.8. The van der Waals surface area contributed by atoms with E-state index in [0.29, 0.717) is 34.8 Å². The van der Waals surface area contributed by atoms with Gasteiger partial charge < -0.3 is 4.74 Å². The highest BCUT2D eigenvalue weighted by Gasteiger charge is 2.09. The zero-order chi connectivity index (χ0) is 21.8. The van der Waals surface area contributed by atoms with Crippen molar-refractivity contribution in [2.45, 2.75) is 20.0 Å². The summed E-state index contributed by atoms with van der Waals surface area (Å²) in [5.41, 5.74) is 2.24. The fraction of sp³-hybridized carbons (Fsp3) is 0.125. The smallest absolute Gasteiger partial charge is 0.282 e. The van der Waals surface area contributed by atoms with Crippen LogP contribution >= 0.6 is 27.5 Å². The maximum Gasteiger partial charge on any atom is 0.282 e. The van der Waals surface area contributed by atoms with E-state index in [1.807, 2.05) is 67.6 Å². The topological polar surface area (TPSA) is 56.5 Å². The third-order valence-corrected chi connectivity index (χ3v) is 5.61. The van der Waals surface area contributed by atoms with Crippen molar-refractivity contribution in [1.82, 2.24) is 9.66 Å². The van der Waals surface area contributed by atoms with E-state index in [2.05, 4.69) is 26.0 Å². The van der Waals surface area contributed by atoms with Gasteiger partial charge in [-0.15, -0.1) is 0 Å². The van der Waals surface area contributed by atoms with Gasteiger partial charge in [0.2, 0.25) is 0 Å². The van der Waals surface area contributed by atoms with Crippen molar-refractivity contribution in [3.63, 3.8) is 0 Å². The summed E-state index contributed by atoms with van der Waals surface area (Å²) in [5, 5.41) is 5.60. The van der Waals surface area contributed by atoms with E-state index >= 15 is 0 Å². The largest absolute Gasteiger partial charge is 0.489 e. The van der Waals surface area contributed by atoms with Crippen LogP contribution in [0.1, 0.15) is 23.9 Å². The number of halogens is 2. The van der Waals surface area contributed by atoms with Crippen molar-refractivity contribution in [2.24, 2.45) is 5.10 Å². The molecule has 0 spiro atoms. The third kappa shape index (κ3) is 4.86. The lowest BCUT2D eigenvalue weighted by Gasteiger charge is -2.08. The average Bonchev–Trinajstić information content (AvgIpc) is 2.79. The summed E-state index contributed by atoms with van der Waals surface area (Å²) in [6.45, 7) is 2.34. The summed E-state index contributed by atoms with van der Waals surface area (Å²) in [5.74, 6) is 1.33. The van der Waals surface area contributed by atoms with E-state index in [9.17, 15) is 4.79 Å². The van der Waals surface area contributed by atoms with Gasteiger partial charge in [-0.25, -0.2) is 4.98 Å². The Kier molecular flexibility index (Phi) is 6.49. The van der Waals surface area contributed by atoms with Gasteiger partial charge in [0.05, 0.1) is 17.1 Å². The molecule has 0 aliphatic rings. The van der Waals surface area contributed by atoms with Gasteiger partial charge in [0.25, 0.3) is 5.56 Å². The first-order valence-electron chi connectivity index (χ1n) is 9.77. The molecule has 4 aromatic rings. The van der Waals surface area contributed by atoms with Crippen LogP contribution in [0.2, 0.25) is 5.02 Å². The highest BCUT2D eigenvalue weighted by Crippen LogP contribution is 2.19. The Balaban J connectivity index is 1.55. The van der Waals surface area contributed by atoms with Crippen molar-refractivity contribution >= 4 is 44.6 Å². The lowest BCUT2D eigenvalue weighted by atomic mass is 10.2. The number of rotatable bonds is 6. The molecule has 3 aromatic carbocycles. The van der Waals surface area contributed by atoms with Gasteiger partial charge in [-0.1, -0.05) is 52.7 Å². The van der Waals surface area contributed by atoms with Crippen LogP contribution in [0, 0.1) is 0 Å². The van der Waals surface area contributed by atoms with Gasteiger partial charge in [-0.2, -0.15) is 9.78 Å². The highest BCUT2D eigenvalue weighted by atomic mass is 79.9. The summed E-state index contributed by atoms with van der Waals surface area (Å²) < 4.78 is 7.99. The molecule has 0 bridgehead atoms. The molecule has 0 fully saturated rings. The van der Waals surface area contributed by atoms with Crippen LogP contribution in [0.4, 0.5) is 0 Å². The Hall–Kier alpha value is -2.96. The molecule has 1 aromatic heterocycles. The number of nitrogens with zero attached hydrogens (tertiary/aromatic N) is 3. The van der Waals surface area contributed by atoms with Crippen LogP contribution in [0.3, 0.4) is 0 Å². The number of fused-ring (bicyclic) bond motifs is 1. The maximum atomic E-state index is 12.9. The first-order chi connectivity index (χ1) is 15.0. The molecule has 0 atom stereocenters. The summed E-state index contributed by atoms with van der Waals surface area (Å²) in [4.78, 5) is 17.5. The number of ether oxygens (including phenoxy) is 1. The summed E-state index contributed by atoms with van der Waals surface area (Å²) >= 11 is 9.57. The maximum absolute atomic E-state index is 12.9. The first kappa shape index (κ1) is 21.3. The minimum absolute atomic E-state index is 0.195. The fourth-order valence-corrected chi connectivity index (χ4v) is 3.65. The van der Waals surface area contributed by atoms with Crippen molar-refractivity contribution in [2.75, 3.05) is 0 Å². The quantitative estimate of drug-likeness (QED) is 0.315. The summed E-state index contributed by atoms with van der Waals surface area (Å²) in [7, 11) is 0. The molecule has 0 aliphatic carbocycles. The predicted molar refractivity (Wildman–Crippen MR) is 128 cm³/mol. The SMILES string of the molecule is CCc1nc2ccc(Br)cc2c(=O)n1N=Cc1ccc(OCc2ccccc2Cl)cc1. The molecule has 0 saturated heterocycles. The van der Waals surface area contributed by atoms with E-state index in [0.717, 1.165) is 21.3 Å². The Morgan fingerprint density at radius 1 is 1.13 bits per heavy atom. The van der Waals surface area contributed by atoms with Crippen molar-refractivity contribution in [3.05, 3.63) is 104 Å². The molecule has 1 heterocycles. The molecule has 0 unspecified atom stereocenters. The van der Waals surface area contributed by atoms with Crippen LogP contribution in [0.5, 0.6) is 5.75 Å². The van der Waals surface area contributed by atoms with Gasteiger partial charge in [-0.05, 0) is 54.1 Å². The van der Waals surface area contributed by atoms with Crippen molar-refractivity contribution in [1.29, 1.82) is 0 Å². The van der Waals surface area contributed by atoms with Gasteiger partial charge >= 0.3 is 0 Å². The number of aromatic nitrogens is 2. The molecule has 5 nitrogen and oxygen atoms in total. The lowest BCUT2D eigenvalue weighted by Crippen LogP contribution is -2.22. The monoisotopic (exact) mass is 495 g/mol. The average molecular weight is 497 g/mol. The highest BCUT2D eigenvalue weighted by molar-refractivity contribution is 9.10. The van der Waals surface area contributed by atoms with Crippen LogP contribution in [-0.2, 0) is 13.0 Å². The van der Waals surface area contributed by atoms with E-state index in [1.165, 1.54) is 4.68 Å². The summed E-state index contributed by atoms with van der Waals surface area (Å²) in [6.07, 6.45) is 2.23. The fourth-order valence-electron chi connectivity index (χ4n) is 3.09. The second-order valence-corrected chi connectivity index (χ2v) is 8.18. The Morgan fingerprint density at radius 2 is 1.90 bits per heavy atom. The summed E-state index contributed by atoms with van der Waals surface area (Å²) in [6, 6.07) is 20.5. The van der Waals surface area contributed by atoms with Crippen molar-refractivity contribution < 1.29 is 4.74 Å². The van der Waals surface area contributed by atoms with Gasteiger partial charge in [0.15, 0.2) is 0 Å². The molecule has 0 N–H and O–H groups in total. The molecule has 0 saturated carbocycles. The molecular weight excluding hydrogens is 478 g/mol. The Morgan fingerprint density at radius 3 is 2.65 bits per heavy atom. The van der Waals surface area contributed by atoms with Crippen LogP contribution in [0.25, 0.3) is 10.9 Å². The molecule has 7 heteroatoms. The molecule has 4 rings (SSSR count). The standard InChI is InChI=1S/C24H19BrClN3O2/c1-2-23-28-22-12-9-18(25)13-20(22)24(30)29(23)27-14-16-7-10-19(11-8-16)31-15-17-5-3-4-6-21(17)26/h3-14H,2,15H2,1H3.